The highest BCUT2D eigenvalue weighted by molar-refractivity contribution is 7.92. The minimum absolute atomic E-state index is 0.0472. The van der Waals surface area contributed by atoms with Crippen LogP contribution in [0.5, 0.6) is 0 Å². The van der Waals surface area contributed by atoms with Crippen LogP contribution in [-0.4, -0.2) is 44.3 Å². The fourth-order valence-corrected chi connectivity index (χ4v) is 5.61. The summed E-state index contributed by atoms with van der Waals surface area (Å²) in [4.78, 5) is 28.3. The number of nitrogens with one attached hydrogen (secondary N) is 1. The second kappa shape index (κ2) is 12.9. The van der Waals surface area contributed by atoms with E-state index in [0.717, 1.165) is 21.9 Å². The molecule has 202 valence electrons. The number of benzene rings is 3. The number of hydrogen-bond donors (Lipinski definition) is 1. The van der Waals surface area contributed by atoms with E-state index in [-0.39, 0.29) is 17.3 Å². The van der Waals surface area contributed by atoms with Crippen LogP contribution < -0.4 is 9.62 Å². The molecule has 0 aromatic heterocycles. The van der Waals surface area contributed by atoms with Gasteiger partial charge in [-0.25, -0.2) is 8.42 Å². The van der Waals surface area contributed by atoms with Crippen molar-refractivity contribution in [2.45, 2.75) is 51.6 Å². The Morgan fingerprint density at radius 1 is 0.974 bits per heavy atom. The first-order valence-electron chi connectivity index (χ1n) is 12.5. The SMILES string of the molecule is CCCNC(=O)[C@H](C)N(Cc1ccc(C)cc1)C(=O)CN(c1cc(Cl)ccc1C)S(=O)(=O)c1ccccc1. The number of sulfonamides is 1. The standard InChI is InChI=1S/C29H34ClN3O4S/c1-5-17-31-29(35)23(4)32(19-24-14-11-21(2)12-15-24)28(34)20-33(27-18-25(30)16-13-22(27)3)38(36,37)26-9-7-6-8-10-26/h6-16,18,23H,5,17,19-20H2,1-4H3,(H,31,35)/t23-/m0/s1. The molecule has 0 unspecified atom stereocenters. The first-order valence-corrected chi connectivity index (χ1v) is 14.3. The van der Waals surface area contributed by atoms with Crippen LogP contribution in [0.15, 0.2) is 77.7 Å². The highest BCUT2D eigenvalue weighted by atomic mass is 35.5. The van der Waals surface area contributed by atoms with Gasteiger partial charge in [0.15, 0.2) is 0 Å². The van der Waals surface area contributed by atoms with Crippen molar-refractivity contribution in [3.63, 3.8) is 0 Å². The molecule has 0 spiro atoms. The molecule has 0 fully saturated rings. The molecule has 1 atom stereocenters. The Kier molecular flexibility index (Phi) is 9.94. The second-order valence-electron chi connectivity index (χ2n) is 9.23. The molecule has 7 nitrogen and oxygen atoms in total. The average Bonchev–Trinajstić information content (AvgIpc) is 2.91. The van der Waals surface area contributed by atoms with Crippen LogP contribution in [0.25, 0.3) is 0 Å². The van der Waals surface area contributed by atoms with Crippen molar-refractivity contribution < 1.29 is 18.0 Å². The quantitative estimate of drug-likeness (QED) is 0.357. The lowest BCUT2D eigenvalue weighted by atomic mass is 10.1. The molecule has 9 heteroatoms. The predicted molar refractivity (Wildman–Crippen MR) is 152 cm³/mol. The van der Waals surface area contributed by atoms with Crippen LogP contribution in [0, 0.1) is 13.8 Å². The van der Waals surface area contributed by atoms with Gasteiger partial charge in [-0.15, -0.1) is 0 Å². The lowest BCUT2D eigenvalue weighted by Crippen LogP contribution is -2.51. The number of halogens is 1. The summed E-state index contributed by atoms with van der Waals surface area (Å²) in [5, 5.41) is 3.18. The molecule has 0 saturated carbocycles. The molecule has 0 aliphatic heterocycles. The summed E-state index contributed by atoms with van der Waals surface area (Å²) in [6, 6.07) is 19.7. The van der Waals surface area contributed by atoms with Crippen LogP contribution in [0.3, 0.4) is 0 Å². The average molecular weight is 556 g/mol. The molecular weight excluding hydrogens is 522 g/mol. The van der Waals surface area contributed by atoms with Gasteiger partial charge < -0.3 is 10.2 Å². The van der Waals surface area contributed by atoms with Crippen molar-refractivity contribution in [2.24, 2.45) is 0 Å². The van der Waals surface area contributed by atoms with Crippen LogP contribution >= 0.6 is 11.6 Å². The number of hydrogen-bond acceptors (Lipinski definition) is 4. The lowest BCUT2D eigenvalue weighted by Gasteiger charge is -2.32. The molecule has 3 aromatic rings. The van der Waals surface area contributed by atoms with Crippen molar-refractivity contribution in [1.29, 1.82) is 0 Å². The smallest absolute Gasteiger partial charge is 0.264 e. The predicted octanol–water partition coefficient (Wildman–Crippen LogP) is 5.10. The topological polar surface area (TPSA) is 86.8 Å². The lowest BCUT2D eigenvalue weighted by molar-refractivity contribution is -0.139. The van der Waals surface area contributed by atoms with Gasteiger partial charge in [0.2, 0.25) is 11.8 Å². The molecule has 0 heterocycles. The van der Waals surface area contributed by atoms with Gasteiger partial charge in [0.25, 0.3) is 10.0 Å². The van der Waals surface area contributed by atoms with Gasteiger partial charge in [-0.3, -0.25) is 13.9 Å². The Balaban J connectivity index is 2.04. The third kappa shape index (κ3) is 7.14. The summed E-state index contributed by atoms with van der Waals surface area (Å²) in [5.41, 5.74) is 2.83. The molecule has 3 rings (SSSR count). The fraction of sp³-hybridized carbons (Fsp3) is 0.310. The van der Waals surface area contributed by atoms with Gasteiger partial charge in [-0.2, -0.15) is 0 Å². The van der Waals surface area contributed by atoms with E-state index in [0.29, 0.717) is 22.8 Å². The van der Waals surface area contributed by atoms with Gasteiger partial charge in [0, 0.05) is 18.1 Å². The van der Waals surface area contributed by atoms with E-state index < -0.39 is 28.5 Å². The molecule has 0 aliphatic rings. The third-order valence-electron chi connectivity index (χ3n) is 6.24. The molecule has 3 aromatic carbocycles. The zero-order valence-corrected chi connectivity index (χ0v) is 23.7. The molecule has 1 N–H and O–H groups in total. The molecule has 0 radical (unpaired) electrons. The number of anilines is 1. The first-order chi connectivity index (χ1) is 18.0. The maximum Gasteiger partial charge on any atom is 0.264 e. The summed E-state index contributed by atoms with van der Waals surface area (Å²) in [5.74, 6) is -0.813. The molecule has 0 bridgehead atoms. The van der Waals surface area contributed by atoms with Gasteiger partial charge in [-0.05, 0) is 62.6 Å². The van der Waals surface area contributed by atoms with E-state index in [9.17, 15) is 18.0 Å². The molecule has 38 heavy (non-hydrogen) atoms. The molecular formula is C29H34ClN3O4S. The Labute approximate surface area is 230 Å². The second-order valence-corrected chi connectivity index (χ2v) is 11.5. The summed E-state index contributed by atoms with van der Waals surface area (Å²) in [6.07, 6.45) is 0.751. The highest BCUT2D eigenvalue weighted by Gasteiger charge is 2.33. The van der Waals surface area contributed by atoms with E-state index in [1.807, 2.05) is 38.1 Å². The van der Waals surface area contributed by atoms with Crippen molar-refractivity contribution in [1.82, 2.24) is 10.2 Å². The minimum atomic E-state index is -4.13. The van der Waals surface area contributed by atoms with Crippen LogP contribution in [0.4, 0.5) is 5.69 Å². The van der Waals surface area contributed by atoms with E-state index in [4.69, 9.17) is 11.6 Å². The number of rotatable bonds is 11. The van der Waals surface area contributed by atoms with Gasteiger partial charge in [0.1, 0.15) is 12.6 Å². The number of aryl methyl sites for hydroxylation is 2. The Morgan fingerprint density at radius 2 is 1.63 bits per heavy atom. The highest BCUT2D eigenvalue weighted by Crippen LogP contribution is 2.30. The maximum atomic E-state index is 13.9. The summed E-state index contributed by atoms with van der Waals surface area (Å²) in [7, 11) is -4.13. The van der Waals surface area contributed by atoms with E-state index in [1.165, 1.54) is 23.1 Å². The maximum absolute atomic E-state index is 13.9. The monoisotopic (exact) mass is 555 g/mol. The first kappa shape index (κ1) is 29.2. The number of carbonyl (C=O) groups is 2. The largest absolute Gasteiger partial charge is 0.354 e. The summed E-state index contributed by atoms with van der Waals surface area (Å²) >= 11 is 6.25. The summed E-state index contributed by atoms with van der Waals surface area (Å²) < 4.78 is 28.7. The van der Waals surface area contributed by atoms with Crippen LogP contribution in [-0.2, 0) is 26.2 Å². The number of nitrogens with zero attached hydrogens (tertiary/aromatic N) is 2. The van der Waals surface area contributed by atoms with E-state index >= 15 is 0 Å². The summed E-state index contributed by atoms with van der Waals surface area (Å²) in [6.45, 7) is 7.44. The van der Waals surface area contributed by atoms with Crippen molar-refractivity contribution in [3.8, 4) is 0 Å². The van der Waals surface area contributed by atoms with Crippen LogP contribution in [0.2, 0.25) is 5.02 Å². The minimum Gasteiger partial charge on any atom is -0.354 e. The third-order valence-corrected chi connectivity index (χ3v) is 8.25. The number of carbonyl (C=O) groups excluding carboxylic acids is 2. The van der Waals surface area contributed by atoms with Gasteiger partial charge in [-0.1, -0.05) is 72.6 Å². The van der Waals surface area contributed by atoms with Crippen molar-refractivity contribution in [2.75, 3.05) is 17.4 Å². The van der Waals surface area contributed by atoms with Crippen LogP contribution in [0.1, 0.15) is 37.0 Å². The molecule has 0 aliphatic carbocycles. The van der Waals surface area contributed by atoms with E-state index in [2.05, 4.69) is 5.32 Å². The zero-order valence-electron chi connectivity index (χ0n) is 22.1. The van der Waals surface area contributed by atoms with Gasteiger partial charge >= 0.3 is 0 Å². The van der Waals surface area contributed by atoms with Crippen molar-refractivity contribution >= 4 is 39.1 Å². The zero-order chi connectivity index (χ0) is 27.9. The Morgan fingerprint density at radius 3 is 2.26 bits per heavy atom. The van der Waals surface area contributed by atoms with E-state index in [1.54, 1.807) is 44.2 Å². The number of amides is 2. The van der Waals surface area contributed by atoms with Gasteiger partial charge in [0.05, 0.1) is 10.6 Å². The normalized spacial score (nSPS) is 12.0. The van der Waals surface area contributed by atoms with Crippen molar-refractivity contribution in [3.05, 3.63) is 94.5 Å². The molecule has 2 amide bonds. The fourth-order valence-electron chi connectivity index (χ4n) is 3.95. The Bertz CT molecular complexity index is 1360. The Hall–Kier alpha value is -3.36. The molecule has 0 saturated heterocycles.